The molecule has 0 bridgehead atoms. The summed E-state index contributed by atoms with van der Waals surface area (Å²) in [5.74, 6) is 0.270. The molecule has 0 fully saturated rings. The zero-order valence-corrected chi connectivity index (χ0v) is 11.5. The van der Waals surface area contributed by atoms with Crippen LogP contribution in [0.3, 0.4) is 0 Å². The lowest BCUT2D eigenvalue weighted by Gasteiger charge is -2.17. The Morgan fingerprint density at radius 2 is 2.26 bits per heavy atom. The largest absolute Gasteiger partial charge is 0.310 e. The summed E-state index contributed by atoms with van der Waals surface area (Å²) in [5.41, 5.74) is 0.516. The van der Waals surface area contributed by atoms with Gasteiger partial charge in [0.1, 0.15) is 5.82 Å². The number of likely N-dealkylation sites (N-methyl/N-ethyl adjacent to an activating group) is 1. The molecule has 0 saturated carbocycles. The molecule has 7 heteroatoms. The lowest BCUT2D eigenvalue weighted by molar-refractivity contribution is 0.500. The van der Waals surface area contributed by atoms with E-state index in [0.717, 1.165) is 0 Å². The van der Waals surface area contributed by atoms with Crippen LogP contribution in [0.1, 0.15) is 24.4 Å². The van der Waals surface area contributed by atoms with Gasteiger partial charge in [-0.25, -0.2) is 4.39 Å². The van der Waals surface area contributed by atoms with Gasteiger partial charge in [0.05, 0.1) is 7.05 Å². The van der Waals surface area contributed by atoms with Crippen molar-refractivity contribution in [2.45, 2.75) is 19.4 Å². The second-order valence-electron chi connectivity index (χ2n) is 4.18. The number of rotatable bonds is 5. The van der Waals surface area contributed by atoms with Crippen molar-refractivity contribution in [1.82, 2.24) is 25.5 Å². The SMILES string of the molecule is CCNC(Cc1nnn(C)n1)c1cc(Cl)ccc1F. The third kappa shape index (κ3) is 3.48. The molecule has 1 aromatic carbocycles. The Hall–Kier alpha value is -1.53. The summed E-state index contributed by atoms with van der Waals surface area (Å²) in [7, 11) is 1.69. The Morgan fingerprint density at radius 3 is 2.89 bits per heavy atom. The zero-order valence-electron chi connectivity index (χ0n) is 10.8. The highest BCUT2D eigenvalue weighted by atomic mass is 35.5. The Morgan fingerprint density at radius 1 is 1.47 bits per heavy atom. The molecular formula is C12H15ClFN5. The minimum absolute atomic E-state index is 0.229. The van der Waals surface area contributed by atoms with Crippen LogP contribution in [-0.4, -0.2) is 26.8 Å². The van der Waals surface area contributed by atoms with E-state index in [4.69, 9.17) is 11.6 Å². The van der Waals surface area contributed by atoms with Crippen molar-refractivity contribution in [1.29, 1.82) is 0 Å². The monoisotopic (exact) mass is 283 g/mol. The summed E-state index contributed by atoms with van der Waals surface area (Å²) < 4.78 is 13.9. The van der Waals surface area contributed by atoms with Crippen molar-refractivity contribution < 1.29 is 4.39 Å². The van der Waals surface area contributed by atoms with Crippen LogP contribution in [0.4, 0.5) is 4.39 Å². The van der Waals surface area contributed by atoms with Crippen molar-refractivity contribution in [3.8, 4) is 0 Å². The van der Waals surface area contributed by atoms with Crippen molar-refractivity contribution in [3.05, 3.63) is 40.4 Å². The number of nitrogens with one attached hydrogen (secondary N) is 1. The molecule has 2 rings (SSSR count). The molecule has 0 aliphatic rings. The first-order valence-electron chi connectivity index (χ1n) is 6.01. The van der Waals surface area contributed by atoms with E-state index < -0.39 is 0 Å². The van der Waals surface area contributed by atoms with Gasteiger partial charge < -0.3 is 5.32 Å². The van der Waals surface area contributed by atoms with Gasteiger partial charge in [-0.1, -0.05) is 18.5 Å². The van der Waals surface area contributed by atoms with E-state index in [0.29, 0.717) is 29.4 Å². The topological polar surface area (TPSA) is 55.6 Å². The van der Waals surface area contributed by atoms with Crippen LogP contribution < -0.4 is 5.32 Å². The second-order valence-corrected chi connectivity index (χ2v) is 4.61. The molecule has 0 radical (unpaired) electrons. The lowest BCUT2D eigenvalue weighted by atomic mass is 10.0. The van der Waals surface area contributed by atoms with Gasteiger partial charge in [0.2, 0.25) is 0 Å². The summed E-state index contributed by atoms with van der Waals surface area (Å²) in [4.78, 5) is 1.38. The summed E-state index contributed by atoms with van der Waals surface area (Å²) in [6.45, 7) is 2.66. The van der Waals surface area contributed by atoms with Gasteiger partial charge in [0.15, 0.2) is 5.82 Å². The molecule has 1 unspecified atom stereocenters. The first-order chi connectivity index (χ1) is 9.10. The molecule has 19 heavy (non-hydrogen) atoms. The molecule has 0 aliphatic heterocycles. The van der Waals surface area contributed by atoms with Gasteiger partial charge >= 0.3 is 0 Å². The maximum absolute atomic E-state index is 13.9. The number of nitrogens with zero attached hydrogens (tertiary/aromatic N) is 4. The maximum Gasteiger partial charge on any atom is 0.176 e. The minimum Gasteiger partial charge on any atom is -0.310 e. The van der Waals surface area contributed by atoms with E-state index in [1.165, 1.54) is 16.9 Å². The fourth-order valence-corrected chi connectivity index (χ4v) is 2.09. The van der Waals surface area contributed by atoms with Crippen molar-refractivity contribution in [2.75, 3.05) is 6.54 Å². The number of benzene rings is 1. The molecule has 1 heterocycles. The normalized spacial score (nSPS) is 12.6. The van der Waals surface area contributed by atoms with Crippen LogP contribution in [0.5, 0.6) is 0 Å². The van der Waals surface area contributed by atoms with Gasteiger partial charge in [-0.3, -0.25) is 0 Å². The first kappa shape index (κ1) is 13.9. The quantitative estimate of drug-likeness (QED) is 0.910. The Bertz CT molecular complexity index is 557. The number of halogens is 2. The molecule has 1 aromatic heterocycles. The number of aryl methyl sites for hydroxylation is 1. The van der Waals surface area contributed by atoms with E-state index in [9.17, 15) is 4.39 Å². The van der Waals surface area contributed by atoms with Gasteiger partial charge in [-0.2, -0.15) is 4.80 Å². The lowest BCUT2D eigenvalue weighted by Crippen LogP contribution is -2.24. The standard InChI is InChI=1S/C12H15ClFN5/c1-3-15-11(7-12-16-18-19(2)17-12)9-6-8(13)4-5-10(9)14/h4-6,11,15H,3,7H2,1-2H3. The highest BCUT2D eigenvalue weighted by molar-refractivity contribution is 6.30. The molecule has 5 nitrogen and oxygen atoms in total. The Kier molecular flexibility index (Phi) is 4.44. The van der Waals surface area contributed by atoms with Crippen LogP contribution in [-0.2, 0) is 13.5 Å². The van der Waals surface area contributed by atoms with E-state index in [1.807, 2.05) is 6.92 Å². The highest BCUT2D eigenvalue weighted by Gasteiger charge is 2.18. The number of hydrogen-bond donors (Lipinski definition) is 1. The smallest absolute Gasteiger partial charge is 0.176 e. The summed E-state index contributed by atoms with van der Waals surface area (Å²) in [6.07, 6.45) is 0.457. The number of aromatic nitrogens is 4. The Labute approximate surface area is 115 Å². The van der Waals surface area contributed by atoms with Crippen molar-refractivity contribution >= 4 is 11.6 Å². The summed E-state index contributed by atoms with van der Waals surface area (Å²) in [6, 6.07) is 4.30. The number of hydrogen-bond acceptors (Lipinski definition) is 4. The van der Waals surface area contributed by atoms with E-state index in [2.05, 4.69) is 20.7 Å². The van der Waals surface area contributed by atoms with E-state index >= 15 is 0 Å². The predicted molar refractivity (Wildman–Crippen MR) is 70.3 cm³/mol. The van der Waals surface area contributed by atoms with Crippen molar-refractivity contribution in [3.63, 3.8) is 0 Å². The van der Waals surface area contributed by atoms with Crippen LogP contribution in [0.2, 0.25) is 5.02 Å². The second kappa shape index (κ2) is 6.08. The van der Waals surface area contributed by atoms with Crippen LogP contribution >= 0.6 is 11.6 Å². The van der Waals surface area contributed by atoms with Crippen molar-refractivity contribution in [2.24, 2.45) is 7.05 Å². The summed E-state index contributed by atoms with van der Waals surface area (Å²) >= 11 is 5.93. The molecule has 1 N–H and O–H groups in total. The molecule has 0 spiro atoms. The molecule has 102 valence electrons. The molecular weight excluding hydrogens is 269 g/mol. The van der Waals surface area contributed by atoms with Crippen LogP contribution in [0.25, 0.3) is 0 Å². The average molecular weight is 284 g/mol. The van der Waals surface area contributed by atoms with Gasteiger partial charge in [-0.05, 0) is 30.0 Å². The maximum atomic E-state index is 13.9. The van der Waals surface area contributed by atoms with Gasteiger partial charge in [-0.15, -0.1) is 10.2 Å². The first-order valence-corrected chi connectivity index (χ1v) is 6.39. The zero-order chi connectivity index (χ0) is 13.8. The van der Waals surface area contributed by atoms with Gasteiger partial charge in [0.25, 0.3) is 0 Å². The molecule has 0 amide bonds. The van der Waals surface area contributed by atoms with E-state index in [1.54, 1.807) is 13.1 Å². The molecule has 1 atom stereocenters. The number of tetrazole rings is 1. The average Bonchev–Trinajstić information content (AvgIpc) is 2.77. The highest BCUT2D eigenvalue weighted by Crippen LogP contribution is 2.23. The minimum atomic E-state index is -0.292. The Balaban J connectivity index is 2.26. The predicted octanol–water partition coefficient (Wildman–Crippen LogP) is 1.90. The van der Waals surface area contributed by atoms with Gasteiger partial charge in [0, 0.05) is 23.0 Å². The summed E-state index contributed by atoms with van der Waals surface area (Å²) in [5, 5.41) is 15.5. The molecule has 2 aromatic rings. The fourth-order valence-electron chi connectivity index (χ4n) is 1.91. The van der Waals surface area contributed by atoms with Crippen LogP contribution in [0.15, 0.2) is 18.2 Å². The third-order valence-corrected chi connectivity index (χ3v) is 2.96. The molecule has 0 aliphatic carbocycles. The third-order valence-electron chi connectivity index (χ3n) is 2.72. The molecule has 0 saturated heterocycles. The fraction of sp³-hybridized carbons (Fsp3) is 0.417. The van der Waals surface area contributed by atoms with Crippen LogP contribution in [0, 0.1) is 5.82 Å². The van der Waals surface area contributed by atoms with E-state index in [-0.39, 0.29) is 11.9 Å².